The van der Waals surface area contributed by atoms with Crippen molar-refractivity contribution < 1.29 is 4.74 Å². The highest BCUT2D eigenvalue weighted by Gasteiger charge is 2.16. The number of aromatic nitrogens is 1. The topological polar surface area (TPSA) is 37.4 Å². The third-order valence-corrected chi connectivity index (χ3v) is 4.20. The number of nitrogens with one attached hydrogen (secondary N) is 1. The standard InChI is InChI=1S/C18H23N3O/c1-19-18(14-21-9-11-22-12-10-21)16-6-4-15(5-7-16)17-3-2-8-20-13-17/h2-8,13,18-19H,9-12,14H2,1H3. The summed E-state index contributed by atoms with van der Waals surface area (Å²) in [6.45, 7) is 4.75. The van der Waals surface area contributed by atoms with Crippen molar-refractivity contribution >= 4 is 0 Å². The predicted molar refractivity (Wildman–Crippen MR) is 88.7 cm³/mol. The molecule has 4 heteroatoms. The van der Waals surface area contributed by atoms with Crippen LogP contribution in [0.15, 0.2) is 48.8 Å². The van der Waals surface area contributed by atoms with E-state index < -0.39 is 0 Å². The molecule has 1 unspecified atom stereocenters. The van der Waals surface area contributed by atoms with Crippen LogP contribution in [0.5, 0.6) is 0 Å². The molecule has 0 aliphatic carbocycles. The molecule has 1 N–H and O–H groups in total. The lowest BCUT2D eigenvalue weighted by Crippen LogP contribution is -2.41. The molecule has 116 valence electrons. The van der Waals surface area contributed by atoms with E-state index in [0.717, 1.165) is 38.4 Å². The Morgan fingerprint density at radius 2 is 1.91 bits per heavy atom. The van der Waals surface area contributed by atoms with Gasteiger partial charge in [0, 0.05) is 38.1 Å². The number of ether oxygens (including phenoxy) is 1. The van der Waals surface area contributed by atoms with Crippen LogP contribution in [0.4, 0.5) is 0 Å². The Bertz CT molecular complexity index is 565. The van der Waals surface area contributed by atoms with Crippen molar-refractivity contribution in [3.05, 3.63) is 54.4 Å². The number of morpholine rings is 1. The van der Waals surface area contributed by atoms with Crippen LogP contribution in [-0.2, 0) is 4.74 Å². The number of pyridine rings is 1. The van der Waals surface area contributed by atoms with Gasteiger partial charge in [0.05, 0.1) is 13.2 Å². The Kier molecular flexibility index (Phi) is 5.16. The van der Waals surface area contributed by atoms with Gasteiger partial charge < -0.3 is 10.1 Å². The van der Waals surface area contributed by atoms with Crippen LogP contribution >= 0.6 is 0 Å². The minimum atomic E-state index is 0.348. The van der Waals surface area contributed by atoms with Gasteiger partial charge in [-0.1, -0.05) is 30.3 Å². The van der Waals surface area contributed by atoms with E-state index in [1.165, 1.54) is 11.1 Å². The average Bonchev–Trinajstić information content (AvgIpc) is 2.61. The van der Waals surface area contributed by atoms with Crippen LogP contribution in [0.1, 0.15) is 11.6 Å². The number of benzene rings is 1. The van der Waals surface area contributed by atoms with Gasteiger partial charge in [-0.25, -0.2) is 0 Å². The molecule has 22 heavy (non-hydrogen) atoms. The molecule has 1 atom stereocenters. The summed E-state index contributed by atoms with van der Waals surface area (Å²) in [5.74, 6) is 0. The molecule has 1 saturated heterocycles. The van der Waals surface area contributed by atoms with Crippen LogP contribution < -0.4 is 5.32 Å². The molecule has 0 bridgehead atoms. The normalized spacial score (nSPS) is 17.3. The van der Waals surface area contributed by atoms with Crippen molar-refractivity contribution in [3.8, 4) is 11.1 Å². The molecule has 1 aliphatic heterocycles. The summed E-state index contributed by atoms with van der Waals surface area (Å²) in [4.78, 5) is 6.64. The summed E-state index contributed by atoms with van der Waals surface area (Å²) in [6.07, 6.45) is 3.70. The zero-order valence-electron chi connectivity index (χ0n) is 13.0. The third-order valence-electron chi connectivity index (χ3n) is 4.20. The van der Waals surface area contributed by atoms with Crippen molar-refractivity contribution in [2.75, 3.05) is 39.9 Å². The molecular formula is C18H23N3O. The van der Waals surface area contributed by atoms with E-state index in [2.05, 4.69) is 45.5 Å². The molecule has 0 spiro atoms. The number of hydrogen-bond acceptors (Lipinski definition) is 4. The Morgan fingerprint density at radius 1 is 1.14 bits per heavy atom. The number of likely N-dealkylation sites (N-methyl/N-ethyl adjacent to an activating group) is 1. The van der Waals surface area contributed by atoms with E-state index in [-0.39, 0.29) is 0 Å². The monoisotopic (exact) mass is 297 g/mol. The molecule has 4 nitrogen and oxygen atoms in total. The van der Waals surface area contributed by atoms with Crippen molar-refractivity contribution in [2.24, 2.45) is 0 Å². The second kappa shape index (κ2) is 7.49. The van der Waals surface area contributed by atoms with Gasteiger partial charge in [-0.2, -0.15) is 0 Å². The maximum absolute atomic E-state index is 5.42. The first-order chi connectivity index (χ1) is 10.9. The lowest BCUT2D eigenvalue weighted by Gasteiger charge is -2.30. The largest absolute Gasteiger partial charge is 0.379 e. The zero-order chi connectivity index (χ0) is 15.2. The number of rotatable bonds is 5. The predicted octanol–water partition coefficient (Wildman–Crippen LogP) is 2.34. The molecule has 0 amide bonds. The van der Waals surface area contributed by atoms with Gasteiger partial charge in [0.1, 0.15) is 0 Å². The van der Waals surface area contributed by atoms with E-state index in [1.54, 1.807) is 6.20 Å². The average molecular weight is 297 g/mol. The number of nitrogens with zero attached hydrogens (tertiary/aromatic N) is 2. The molecule has 0 radical (unpaired) electrons. The van der Waals surface area contributed by atoms with Gasteiger partial charge >= 0.3 is 0 Å². The van der Waals surface area contributed by atoms with Gasteiger partial charge in [-0.3, -0.25) is 9.88 Å². The summed E-state index contributed by atoms with van der Waals surface area (Å²) in [5.41, 5.74) is 3.68. The maximum atomic E-state index is 5.42. The molecule has 3 rings (SSSR count). The van der Waals surface area contributed by atoms with Crippen LogP contribution in [0.2, 0.25) is 0 Å². The van der Waals surface area contributed by atoms with E-state index in [1.807, 2.05) is 19.3 Å². The fourth-order valence-corrected chi connectivity index (χ4v) is 2.85. The van der Waals surface area contributed by atoms with Gasteiger partial charge in [0.2, 0.25) is 0 Å². The molecule has 2 heterocycles. The Balaban J connectivity index is 1.70. The number of hydrogen-bond donors (Lipinski definition) is 1. The molecule has 1 aromatic heterocycles. The molecule has 1 fully saturated rings. The van der Waals surface area contributed by atoms with Crippen LogP contribution in [-0.4, -0.2) is 49.8 Å². The zero-order valence-corrected chi connectivity index (χ0v) is 13.0. The highest BCUT2D eigenvalue weighted by atomic mass is 16.5. The minimum Gasteiger partial charge on any atom is -0.379 e. The second-order valence-corrected chi connectivity index (χ2v) is 5.62. The second-order valence-electron chi connectivity index (χ2n) is 5.62. The van der Waals surface area contributed by atoms with E-state index >= 15 is 0 Å². The first kappa shape index (κ1) is 15.2. The van der Waals surface area contributed by atoms with Crippen LogP contribution in [0.3, 0.4) is 0 Å². The Morgan fingerprint density at radius 3 is 2.55 bits per heavy atom. The third kappa shape index (κ3) is 3.71. The molecular weight excluding hydrogens is 274 g/mol. The van der Waals surface area contributed by atoms with Gasteiger partial charge in [-0.05, 0) is 29.8 Å². The van der Waals surface area contributed by atoms with Gasteiger partial charge in [-0.15, -0.1) is 0 Å². The van der Waals surface area contributed by atoms with Gasteiger partial charge in [0.25, 0.3) is 0 Å². The first-order valence-electron chi connectivity index (χ1n) is 7.84. The lowest BCUT2D eigenvalue weighted by atomic mass is 10.0. The summed E-state index contributed by atoms with van der Waals surface area (Å²) in [7, 11) is 2.03. The maximum Gasteiger partial charge on any atom is 0.0594 e. The van der Waals surface area contributed by atoms with Gasteiger partial charge in [0.15, 0.2) is 0 Å². The fourth-order valence-electron chi connectivity index (χ4n) is 2.85. The molecule has 2 aromatic rings. The van der Waals surface area contributed by atoms with Crippen molar-refractivity contribution in [3.63, 3.8) is 0 Å². The summed E-state index contributed by atoms with van der Waals surface area (Å²) < 4.78 is 5.42. The van der Waals surface area contributed by atoms with Crippen molar-refractivity contribution in [1.82, 2.24) is 15.2 Å². The van der Waals surface area contributed by atoms with Crippen LogP contribution in [0, 0.1) is 0 Å². The smallest absolute Gasteiger partial charge is 0.0594 e. The Labute approximate surface area is 132 Å². The van der Waals surface area contributed by atoms with Crippen molar-refractivity contribution in [2.45, 2.75) is 6.04 Å². The minimum absolute atomic E-state index is 0.348. The van der Waals surface area contributed by atoms with E-state index in [9.17, 15) is 0 Å². The van der Waals surface area contributed by atoms with Crippen molar-refractivity contribution in [1.29, 1.82) is 0 Å². The highest BCUT2D eigenvalue weighted by molar-refractivity contribution is 5.62. The summed E-state index contributed by atoms with van der Waals surface area (Å²) in [6, 6.07) is 13.2. The molecule has 0 saturated carbocycles. The van der Waals surface area contributed by atoms with Crippen LogP contribution in [0.25, 0.3) is 11.1 Å². The highest BCUT2D eigenvalue weighted by Crippen LogP contribution is 2.22. The molecule has 1 aliphatic rings. The summed E-state index contributed by atoms with van der Waals surface area (Å²) >= 11 is 0. The van der Waals surface area contributed by atoms with E-state index in [4.69, 9.17) is 4.74 Å². The fraction of sp³-hybridized carbons (Fsp3) is 0.389. The lowest BCUT2D eigenvalue weighted by molar-refractivity contribution is 0.0338. The van der Waals surface area contributed by atoms with E-state index in [0.29, 0.717) is 6.04 Å². The molecule has 1 aromatic carbocycles. The quantitative estimate of drug-likeness (QED) is 0.919. The Hall–Kier alpha value is -1.75. The SMILES string of the molecule is CNC(CN1CCOCC1)c1ccc(-c2cccnc2)cc1. The summed E-state index contributed by atoms with van der Waals surface area (Å²) in [5, 5.41) is 3.43. The first-order valence-corrected chi connectivity index (χ1v) is 7.84.